The lowest BCUT2D eigenvalue weighted by Gasteiger charge is -2.30. The molecule has 11 nitrogen and oxygen atoms in total. The molecule has 286 valence electrons. The van der Waals surface area contributed by atoms with Gasteiger partial charge in [0, 0.05) is 37.2 Å². The highest BCUT2D eigenvalue weighted by Gasteiger charge is 2.37. The first-order valence-electron chi connectivity index (χ1n) is 18.5. The third-order valence-corrected chi connectivity index (χ3v) is 11.2. The molecule has 2 unspecified atom stereocenters. The molecule has 0 bridgehead atoms. The van der Waals surface area contributed by atoms with E-state index in [-0.39, 0.29) is 31.1 Å². The largest absolute Gasteiger partial charge is 0.487 e. The summed E-state index contributed by atoms with van der Waals surface area (Å²) < 4.78 is 33.4. The SMILES string of the molecule is Cc1c(C)c(S(=O)N2CCCc3ccc(CCCCC(=O)NCC(NC(=O)OCc4ccccc4)C(=O)OC(C)(C)C)nc32)c(C)c2c1OC(C)(C)C2. The summed E-state index contributed by atoms with van der Waals surface area (Å²) in [6, 6.07) is 12.2. The van der Waals surface area contributed by atoms with Gasteiger partial charge in [-0.05, 0) is 121 Å². The number of nitrogens with zero attached hydrogens (tertiary/aromatic N) is 2. The number of carbonyl (C=O) groups is 3. The maximum Gasteiger partial charge on any atom is 0.408 e. The van der Waals surface area contributed by atoms with Gasteiger partial charge in [0.05, 0.1) is 4.90 Å². The topological polar surface area (TPSA) is 136 Å². The Labute approximate surface area is 316 Å². The normalized spacial score (nSPS) is 15.7. The number of rotatable bonds is 13. The van der Waals surface area contributed by atoms with Crippen molar-refractivity contribution in [2.45, 2.75) is 129 Å². The van der Waals surface area contributed by atoms with Crippen LogP contribution in [0, 0.1) is 20.8 Å². The molecule has 3 heterocycles. The van der Waals surface area contributed by atoms with Gasteiger partial charge in [0.25, 0.3) is 0 Å². The van der Waals surface area contributed by atoms with Crippen molar-refractivity contribution >= 4 is 34.8 Å². The zero-order valence-corrected chi connectivity index (χ0v) is 33.2. The third kappa shape index (κ3) is 10.2. The molecule has 0 saturated carbocycles. The number of unbranched alkanes of at least 4 members (excludes halogenated alkanes) is 1. The number of aromatic nitrogens is 1. The monoisotopic (exact) mass is 746 g/mol. The molecule has 0 fully saturated rings. The fraction of sp³-hybridized carbons (Fsp3) is 0.512. The number of nitrogens with one attached hydrogen (secondary N) is 2. The van der Waals surface area contributed by atoms with Crippen LogP contribution in [0.1, 0.15) is 99.4 Å². The van der Waals surface area contributed by atoms with Crippen LogP contribution in [0.2, 0.25) is 0 Å². The van der Waals surface area contributed by atoms with Gasteiger partial charge in [0.15, 0.2) is 11.0 Å². The number of fused-ring (bicyclic) bond motifs is 2. The second-order valence-electron chi connectivity index (χ2n) is 15.6. The molecule has 2 amide bonds. The summed E-state index contributed by atoms with van der Waals surface area (Å²) in [5.74, 6) is 0.777. The molecule has 3 aromatic rings. The lowest BCUT2D eigenvalue weighted by atomic mass is 9.94. The molecule has 53 heavy (non-hydrogen) atoms. The van der Waals surface area contributed by atoms with Crippen LogP contribution in [0.5, 0.6) is 5.75 Å². The Morgan fingerprint density at radius 1 is 1.02 bits per heavy atom. The van der Waals surface area contributed by atoms with E-state index in [0.717, 1.165) is 74.8 Å². The summed E-state index contributed by atoms with van der Waals surface area (Å²) in [6.07, 6.45) is 3.95. The molecule has 0 radical (unpaired) electrons. The van der Waals surface area contributed by atoms with Crippen molar-refractivity contribution in [1.82, 2.24) is 15.6 Å². The Morgan fingerprint density at radius 3 is 2.47 bits per heavy atom. The lowest BCUT2D eigenvalue weighted by molar-refractivity contribution is -0.157. The van der Waals surface area contributed by atoms with Gasteiger partial charge >= 0.3 is 12.1 Å². The highest BCUT2D eigenvalue weighted by Crippen LogP contribution is 2.44. The Bertz CT molecular complexity index is 1860. The molecule has 0 saturated heterocycles. The molecule has 1 aromatic heterocycles. The third-order valence-electron chi connectivity index (χ3n) is 9.51. The number of ether oxygens (including phenoxy) is 3. The number of hydrogen-bond donors (Lipinski definition) is 2. The first-order valence-corrected chi connectivity index (χ1v) is 19.6. The van der Waals surface area contributed by atoms with E-state index in [1.807, 2.05) is 47.6 Å². The van der Waals surface area contributed by atoms with Crippen LogP contribution in [0.15, 0.2) is 47.4 Å². The molecular formula is C41H54N4O7S. The van der Waals surface area contributed by atoms with Crippen LogP contribution in [0.25, 0.3) is 0 Å². The molecule has 0 aliphatic carbocycles. The number of esters is 1. The Balaban J connectivity index is 1.16. The fourth-order valence-electron chi connectivity index (χ4n) is 6.73. The van der Waals surface area contributed by atoms with Crippen molar-refractivity contribution in [3.8, 4) is 5.75 Å². The number of benzene rings is 2. The molecule has 2 N–H and O–H groups in total. The molecule has 2 aliphatic heterocycles. The van der Waals surface area contributed by atoms with Gasteiger partial charge in [-0.1, -0.05) is 36.4 Å². The number of aryl methyl sites for hydroxylation is 2. The second kappa shape index (κ2) is 16.7. The first-order chi connectivity index (χ1) is 25.0. The minimum absolute atomic E-state index is 0.0388. The van der Waals surface area contributed by atoms with Gasteiger partial charge in [0.2, 0.25) is 5.91 Å². The van der Waals surface area contributed by atoms with Crippen LogP contribution < -0.4 is 19.7 Å². The van der Waals surface area contributed by atoms with Crippen LogP contribution >= 0.6 is 0 Å². The second-order valence-corrected chi connectivity index (χ2v) is 16.9. The van der Waals surface area contributed by atoms with E-state index >= 15 is 0 Å². The van der Waals surface area contributed by atoms with Crippen LogP contribution in [0.4, 0.5) is 10.6 Å². The number of pyridine rings is 1. The molecule has 0 spiro atoms. The standard InChI is InChI=1S/C41H54N4O7S/c1-26-27(2)36(28(3)32-23-41(7,8)51-35(26)32)53(49)45-22-14-17-30-20-21-31(43-37(30)45)18-12-13-19-34(46)42-24-33(38(47)52-40(4,5)6)44-39(48)50-25-29-15-10-9-11-16-29/h9-11,15-16,20-21,33H,12-14,17-19,22-25H2,1-8H3,(H,42,46)(H,44,48). The summed E-state index contributed by atoms with van der Waals surface area (Å²) in [5, 5.41) is 5.29. The van der Waals surface area contributed by atoms with E-state index in [1.165, 1.54) is 0 Å². The minimum atomic E-state index is -1.44. The molecule has 12 heteroatoms. The molecule has 2 aliphatic rings. The summed E-state index contributed by atoms with van der Waals surface area (Å²) in [4.78, 5) is 44.1. The van der Waals surface area contributed by atoms with Gasteiger partial charge in [-0.3, -0.25) is 9.10 Å². The van der Waals surface area contributed by atoms with Gasteiger partial charge in [-0.25, -0.2) is 18.8 Å². The summed E-state index contributed by atoms with van der Waals surface area (Å²) in [6.45, 7) is 16.1. The molecular weight excluding hydrogens is 693 g/mol. The van der Waals surface area contributed by atoms with Crippen LogP contribution in [-0.4, -0.2) is 57.5 Å². The van der Waals surface area contributed by atoms with E-state index < -0.39 is 34.7 Å². The minimum Gasteiger partial charge on any atom is -0.487 e. The smallest absolute Gasteiger partial charge is 0.408 e. The highest BCUT2D eigenvalue weighted by atomic mass is 32.2. The van der Waals surface area contributed by atoms with E-state index in [0.29, 0.717) is 25.8 Å². The number of alkyl carbamates (subject to hydrolysis) is 1. The van der Waals surface area contributed by atoms with E-state index in [9.17, 15) is 18.6 Å². The quantitative estimate of drug-likeness (QED) is 0.147. The van der Waals surface area contributed by atoms with Crippen molar-refractivity contribution in [1.29, 1.82) is 0 Å². The van der Waals surface area contributed by atoms with Gasteiger partial charge < -0.3 is 24.8 Å². The predicted molar refractivity (Wildman–Crippen MR) is 205 cm³/mol. The average Bonchev–Trinajstić information content (AvgIpc) is 3.45. The van der Waals surface area contributed by atoms with E-state index in [4.69, 9.17) is 19.2 Å². The Hall–Kier alpha value is -4.45. The van der Waals surface area contributed by atoms with Gasteiger partial charge in [0.1, 0.15) is 35.4 Å². The lowest BCUT2D eigenvalue weighted by Crippen LogP contribution is -2.50. The number of anilines is 1. The summed E-state index contributed by atoms with van der Waals surface area (Å²) >= 11 is 0. The maximum absolute atomic E-state index is 14.4. The van der Waals surface area contributed by atoms with Gasteiger partial charge in [-0.2, -0.15) is 0 Å². The molecule has 2 atom stereocenters. The van der Waals surface area contributed by atoms with Crippen LogP contribution in [-0.2, 0) is 55.9 Å². The average molecular weight is 747 g/mol. The fourth-order valence-corrected chi connectivity index (χ4v) is 8.36. The number of hydrogen-bond acceptors (Lipinski definition) is 8. The van der Waals surface area contributed by atoms with Crippen molar-refractivity contribution in [2.75, 3.05) is 17.4 Å². The Morgan fingerprint density at radius 2 is 1.75 bits per heavy atom. The van der Waals surface area contributed by atoms with Crippen molar-refractivity contribution in [3.05, 3.63) is 81.5 Å². The number of carbonyl (C=O) groups excluding carboxylic acids is 3. The number of amides is 2. The summed E-state index contributed by atoms with van der Waals surface area (Å²) in [5.41, 5.74) is 5.90. The van der Waals surface area contributed by atoms with Crippen LogP contribution in [0.3, 0.4) is 0 Å². The zero-order chi connectivity index (χ0) is 38.5. The Kier molecular flexibility index (Phi) is 12.5. The van der Waals surface area contributed by atoms with E-state index in [2.05, 4.69) is 44.4 Å². The maximum atomic E-state index is 14.4. The van der Waals surface area contributed by atoms with Crippen molar-refractivity contribution < 1.29 is 32.8 Å². The predicted octanol–water partition coefficient (Wildman–Crippen LogP) is 6.66. The molecule has 5 rings (SSSR count). The molecule has 2 aromatic carbocycles. The van der Waals surface area contributed by atoms with E-state index in [1.54, 1.807) is 20.8 Å². The zero-order valence-electron chi connectivity index (χ0n) is 32.4. The van der Waals surface area contributed by atoms with Gasteiger partial charge in [-0.15, -0.1) is 0 Å². The first kappa shape index (κ1) is 39.8. The highest BCUT2D eigenvalue weighted by molar-refractivity contribution is 7.86. The van der Waals surface area contributed by atoms with Crippen molar-refractivity contribution in [3.63, 3.8) is 0 Å². The van der Waals surface area contributed by atoms with Crippen molar-refractivity contribution in [2.24, 2.45) is 0 Å². The summed E-state index contributed by atoms with van der Waals surface area (Å²) in [7, 11) is -1.44.